The molecule has 26 heavy (non-hydrogen) atoms. The number of aliphatic carboxylic acids is 1. The van der Waals surface area contributed by atoms with Gasteiger partial charge in [-0.05, 0) is 37.6 Å². The summed E-state index contributed by atoms with van der Waals surface area (Å²) in [5.74, 6) is -0.185. The molecule has 1 aromatic carbocycles. The van der Waals surface area contributed by atoms with E-state index in [-0.39, 0.29) is 6.42 Å². The molecule has 0 saturated heterocycles. The summed E-state index contributed by atoms with van der Waals surface area (Å²) in [6, 6.07) is 11.3. The van der Waals surface area contributed by atoms with Crippen molar-refractivity contribution < 1.29 is 14.6 Å². The smallest absolute Gasteiger partial charge is 0.303 e. The average Bonchev–Trinajstić information content (AvgIpc) is 3.07. The van der Waals surface area contributed by atoms with E-state index in [2.05, 4.69) is 20.5 Å². The first-order valence-electron chi connectivity index (χ1n) is 8.09. The van der Waals surface area contributed by atoms with Gasteiger partial charge in [-0.25, -0.2) is 4.98 Å². The first-order chi connectivity index (χ1) is 12.6. The zero-order valence-electron chi connectivity index (χ0n) is 14.2. The van der Waals surface area contributed by atoms with Crippen LogP contribution in [0.1, 0.15) is 25.5 Å². The minimum absolute atomic E-state index is 0.0847. The van der Waals surface area contributed by atoms with Crippen molar-refractivity contribution in [1.82, 2.24) is 9.97 Å². The number of para-hydroxylation sites is 1. The Morgan fingerprint density at radius 3 is 2.96 bits per heavy atom. The van der Waals surface area contributed by atoms with Crippen molar-refractivity contribution in [1.29, 1.82) is 0 Å². The van der Waals surface area contributed by atoms with E-state index in [0.29, 0.717) is 23.9 Å². The van der Waals surface area contributed by atoms with Crippen molar-refractivity contribution in [3.8, 4) is 5.75 Å². The molecule has 0 amide bonds. The van der Waals surface area contributed by atoms with Crippen LogP contribution in [0.4, 0.5) is 5.13 Å². The Morgan fingerprint density at radius 2 is 2.19 bits per heavy atom. The van der Waals surface area contributed by atoms with Gasteiger partial charge >= 0.3 is 5.97 Å². The Balaban J connectivity index is 1.71. The lowest BCUT2D eigenvalue weighted by atomic mass is 10.3. The molecule has 3 aromatic rings. The van der Waals surface area contributed by atoms with Gasteiger partial charge in [0, 0.05) is 12.6 Å². The maximum atomic E-state index is 10.6. The average molecular weight is 370 g/mol. The summed E-state index contributed by atoms with van der Waals surface area (Å²) in [4.78, 5) is 19.3. The number of carboxylic acids is 1. The number of carboxylic acid groups (broad SMARTS) is 1. The fourth-order valence-electron chi connectivity index (χ4n) is 2.26. The van der Waals surface area contributed by atoms with E-state index < -0.39 is 5.97 Å². The lowest BCUT2D eigenvalue weighted by Crippen LogP contribution is -2.02. The quantitative estimate of drug-likeness (QED) is 0.356. The highest BCUT2D eigenvalue weighted by molar-refractivity contribution is 7.22. The molecule has 0 aliphatic heterocycles. The van der Waals surface area contributed by atoms with E-state index in [1.54, 1.807) is 6.20 Å². The zero-order chi connectivity index (χ0) is 18.4. The second kappa shape index (κ2) is 8.39. The minimum atomic E-state index is -0.826. The number of aromatic nitrogens is 2. The summed E-state index contributed by atoms with van der Waals surface area (Å²) < 4.78 is 6.65. The fraction of sp³-hybridized carbons (Fsp3) is 0.222. The molecule has 2 heterocycles. The first kappa shape index (κ1) is 17.8. The normalized spacial score (nSPS) is 11.5. The van der Waals surface area contributed by atoms with Crippen molar-refractivity contribution in [2.24, 2.45) is 5.10 Å². The van der Waals surface area contributed by atoms with E-state index in [4.69, 9.17) is 9.84 Å². The first-order valence-corrected chi connectivity index (χ1v) is 8.91. The summed E-state index contributed by atoms with van der Waals surface area (Å²) in [7, 11) is 0. The molecule has 8 heteroatoms. The number of hydrogen-bond acceptors (Lipinski definition) is 7. The third kappa shape index (κ3) is 4.54. The number of anilines is 1. The molecule has 0 radical (unpaired) electrons. The molecule has 0 bridgehead atoms. The number of pyridine rings is 1. The van der Waals surface area contributed by atoms with Crippen LogP contribution in [0.25, 0.3) is 10.2 Å². The molecule has 2 N–H and O–H groups in total. The summed E-state index contributed by atoms with van der Waals surface area (Å²) in [6.07, 6.45) is 2.26. The monoisotopic (exact) mass is 370 g/mol. The fourth-order valence-corrected chi connectivity index (χ4v) is 3.08. The molecule has 0 saturated carbocycles. The third-order valence-corrected chi connectivity index (χ3v) is 4.45. The SMILES string of the molecule is C/C(=N\Nc1nc2c(OCCCC(=O)O)cccc2s1)c1ccccn1. The number of nitrogens with zero attached hydrogens (tertiary/aromatic N) is 3. The Labute approximate surface area is 154 Å². The molecule has 0 fully saturated rings. The van der Waals surface area contributed by atoms with Gasteiger partial charge in [0.2, 0.25) is 5.13 Å². The molecule has 7 nitrogen and oxygen atoms in total. The minimum Gasteiger partial charge on any atom is -0.491 e. The predicted octanol–water partition coefficient (Wildman–Crippen LogP) is 3.77. The number of benzene rings is 1. The number of nitrogens with one attached hydrogen (secondary N) is 1. The third-order valence-electron chi connectivity index (χ3n) is 3.53. The summed E-state index contributed by atoms with van der Waals surface area (Å²) >= 11 is 1.47. The highest BCUT2D eigenvalue weighted by atomic mass is 32.1. The van der Waals surface area contributed by atoms with Crippen molar-refractivity contribution in [2.75, 3.05) is 12.0 Å². The molecule has 0 aliphatic carbocycles. The van der Waals surface area contributed by atoms with Gasteiger partial charge in [-0.3, -0.25) is 15.2 Å². The zero-order valence-corrected chi connectivity index (χ0v) is 15.0. The van der Waals surface area contributed by atoms with E-state index in [1.807, 2.05) is 43.3 Å². The van der Waals surface area contributed by atoms with Gasteiger partial charge in [0.15, 0.2) is 0 Å². The van der Waals surface area contributed by atoms with Gasteiger partial charge in [0.25, 0.3) is 0 Å². The van der Waals surface area contributed by atoms with Gasteiger partial charge in [-0.2, -0.15) is 5.10 Å². The highest BCUT2D eigenvalue weighted by Crippen LogP contribution is 2.32. The number of rotatable bonds is 8. The molecule has 2 aromatic heterocycles. The van der Waals surface area contributed by atoms with E-state index in [9.17, 15) is 4.79 Å². The molecule has 0 aliphatic rings. The summed E-state index contributed by atoms with van der Waals surface area (Å²) in [6.45, 7) is 2.21. The lowest BCUT2D eigenvalue weighted by molar-refractivity contribution is -0.137. The van der Waals surface area contributed by atoms with Gasteiger partial charge < -0.3 is 9.84 Å². The van der Waals surface area contributed by atoms with E-state index >= 15 is 0 Å². The Bertz CT molecular complexity index is 925. The Kier molecular flexibility index (Phi) is 5.75. The van der Waals surface area contributed by atoms with Crippen LogP contribution in [0.5, 0.6) is 5.75 Å². The van der Waals surface area contributed by atoms with Gasteiger partial charge in [0.05, 0.1) is 22.7 Å². The largest absolute Gasteiger partial charge is 0.491 e. The van der Waals surface area contributed by atoms with Crippen LogP contribution in [0.3, 0.4) is 0 Å². The molecule has 0 atom stereocenters. The van der Waals surface area contributed by atoms with Crippen LogP contribution in [0, 0.1) is 0 Å². The molecule has 0 spiro atoms. The van der Waals surface area contributed by atoms with Crippen LogP contribution < -0.4 is 10.2 Å². The van der Waals surface area contributed by atoms with Crippen LogP contribution >= 0.6 is 11.3 Å². The maximum Gasteiger partial charge on any atom is 0.303 e. The van der Waals surface area contributed by atoms with E-state index in [0.717, 1.165) is 21.6 Å². The topological polar surface area (TPSA) is 96.7 Å². The van der Waals surface area contributed by atoms with E-state index in [1.165, 1.54) is 11.3 Å². The van der Waals surface area contributed by atoms with Crippen molar-refractivity contribution in [3.63, 3.8) is 0 Å². The van der Waals surface area contributed by atoms with Crippen LogP contribution in [0.15, 0.2) is 47.7 Å². The lowest BCUT2D eigenvalue weighted by Gasteiger charge is -2.05. The molecule has 134 valence electrons. The van der Waals surface area contributed by atoms with Gasteiger partial charge in [-0.15, -0.1) is 0 Å². The van der Waals surface area contributed by atoms with Crippen molar-refractivity contribution in [2.45, 2.75) is 19.8 Å². The molecular weight excluding hydrogens is 352 g/mol. The van der Waals surface area contributed by atoms with Crippen molar-refractivity contribution >= 4 is 38.4 Å². The van der Waals surface area contributed by atoms with Gasteiger partial charge in [-0.1, -0.05) is 23.5 Å². The number of hydrogen-bond donors (Lipinski definition) is 2. The number of fused-ring (bicyclic) bond motifs is 1. The van der Waals surface area contributed by atoms with Crippen LogP contribution in [-0.2, 0) is 4.79 Å². The summed E-state index contributed by atoms with van der Waals surface area (Å²) in [5.41, 5.74) is 5.26. The standard InChI is InChI=1S/C18H18N4O3S/c1-12(13-6-2-3-10-19-13)21-22-18-20-17-14(7-4-8-15(17)26-18)25-11-5-9-16(23)24/h2-4,6-8,10H,5,9,11H2,1H3,(H,20,22)(H,23,24)/b21-12+. The van der Waals surface area contributed by atoms with Crippen molar-refractivity contribution in [3.05, 3.63) is 48.3 Å². The Hall–Kier alpha value is -3.00. The Morgan fingerprint density at radius 1 is 1.31 bits per heavy atom. The summed E-state index contributed by atoms with van der Waals surface area (Å²) in [5, 5.41) is 13.7. The maximum absolute atomic E-state index is 10.6. The molecule has 0 unspecified atom stereocenters. The second-order valence-corrected chi connectivity index (χ2v) is 6.52. The molecular formula is C18H18N4O3S. The highest BCUT2D eigenvalue weighted by Gasteiger charge is 2.09. The number of ether oxygens (including phenoxy) is 1. The molecule has 3 rings (SSSR count). The van der Waals surface area contributed by atoms with Crippen LogP contribution in [0.2, 0.25) is 0 Å². The number of thiazole rings is 1. The second-order valence-electron chi connectivity index (χ2n) is 5.49. The van der Waals surface area contributed by atoms with Gasteiger partial charge in [0.1, 0.15) is 11.3 Å². The number of hydrazone groups is 1. The van der Waals surface area contributed by atoms with Crippen LogP contribution in [-0.4, -0.2) is 33.4 Å². The number of carbonyl (C=O) groups is 1. The predicted molar refractivity (Wildman–Crippen MR) is 102 cm³/mol.